The first kappa shape index (κ1) is 52.0. The van der Waals surface area contributed by atoms with Crippen LogP contribution in [0, 0.1) is 0 Å². The van der Waals surface area contributed by atoms with E-state index < -0.39 is 17.9 Å². The van der Waals surface area contributed by atoms with Crippen molar-refractivity contribution >= 4 is 40.4 Å². The molecule has 0 bridgehead atoms. The van der Waals surface area contributed by atoms with Crippen molar-refractivity contribution in [2.24, 2.45) is 0 Å². The van der Waals surface area contributed by atoms with Crippen molar-refractivity contribution in [3.8, 4) is 0 Å². The molecule has 0 aliphatic carbocycles. The average Bonchev–Trinajstić information content (AvgIpc) is 2.98. The molecule has 0 saturated carbocycles. The molecular weight excluding hydrogens is 683 g/mol. The van der Waals surface area contributed by atoms with Gasteiger partial charge in [0.2, 0.25) is 0 Å². The summed E-state index contributed by atoms with van der Waals surface area (Å²) in [5.41, 5.74) is 0. The summed E-state index contributed by atoms with van der Waals surface area (Å²) >= 11 is 1.40. The normalized spacial score (nSPS) is 10.2. The Bertz CT molecular complexity index is 518. The van der Waals surface area contributed by atoms with E-state index in [1.54, 1.807) is 0 Å². The summed E-state index contributed by atoms with van der Waals surface area (Å²) in [5.74, 6) is -1.98. The monoisotopic (exact) mass is 764 g/mol. The van der Waals surface area contributed by atoms with Crippen LogP contribution in [-0.2, 0) is 14.4 Å². The van der Waals surface area contributed by atoms with Gasteiger partial charge in [0.1, 0.15) is 0 Å². The van der Waals surface area contributed by atoms with Crippen molar-refractivity contribution in [1.82, 2.24) is 0 Å². The van der Waals surface area contributed by atoms with E-state index in [2.05, 4.69) is 34.6 Å². The molecule has 0 aromatic heterocycles. The van der Waals surface area contributed by atoms with Crippen molar-refractivity contribution in [2.75, 3.05) is 0 Å². The summed E-state index contributed by atoms with van der Waals surface area (Å²) in [6.07, 6.45) is 34.4. The van der Waals surface area contributed by atoms with Crippen LogP contribution in [-0.4, -0.2) is 55.8 Å². The van der Waals surface area contributed by atoms with Crippen LogP contribution in [0.25, 0.3) is 0 Å². The van der Waals surface area contributed by atoms with Gasteiger partial charge in [0.15, 0.2) is 0 Å². The molecule has 3 N–H and O–H groups in total. The minimum atomic E-state index is -0.659. The molecule has 0 amide bonds. The Morgan fingerprint density at radius 2 is 0.500 bits per heavy atom. The standard InChI is InChI=1S/3C12H24O2.C3H7.Sn.H/c3*1-2-3-4-5-6-7-8-9-10-11-12(13)14;1-3-2;;/h3*2-11H2,1H3,(H,13,14);3H,1-2H3;;. The summed E-state index contributed by atoms with van der Waals surface area (Å²) < 4.78 is 0.963. The van der Waals surface area contributed by atoms with Crippen LogP contribution in [0.3, 0.4) is 0 Å². The number of rotatable bonds is 30. The molecule has 0 aromatic rings. The zero-order valence-electron chi connectivity index (χ0n) is 31.4. The second-order valence-corrected chi connectivity index (χ2v) is 17.0. The first-order chi connectivity index (χ1) is 22.0. The van der Waals surface area contributed by atoms with Gasteiger partial charge >= 0.3 is 58.2 Å². The molecule has 0 heterocycles. The van der Waals surface area contributed by atoms with E-state index in [0.29, 0.717) is 19.3 Å². The number of aliphatic carboxylic acids is 3. The van der Waals surface area contributed by atoms with Gasteiger partial charge in [-0.15, -0.1) is 0 Å². The number of carboxylic acids is 3. The summed E-state index contributed by atoms with van der Waals surface area (Å²) in [7, 11) is 0. The van der Waals surface area contributed by atoms with Crippen molar-refractivity contribution in [2.45, 2.75) is 231 Å². The van der Waals surface area contributed by atoms with Gasteiger partial charge in [-0.25, -0.2) is 0 Å². The van der Waals surface area contributed by atoms with E-state index in [0.717, 1.165) is 42.5 Å². The fraction of sp³-hybridized carbons (Fsp3) is 0.923. The molecule has 7 heteroatoms. The fourth-order valence-corrected chi connectivity index (χ4v) is 4.76. The van der Waals surface area contributed by atoms with Gasteiger partial charge in [-0.1, -0.05) is 175 Å². The predicted molar refractivity (Wildman–Crippen MR) is 201 cm³/mol. The summed E-state index contributed by atoms with van der Waals surface area (Å²) in [6, 6.07) is 0. The summed E-state index contributed by atoms with van der Waals surface area (Å²) in [4.78, 5) is 30.6. The van der Waals surface area contributed by atoms with E-state index in [4.69, 9.17) is 15.3 Å². The van der Waals surface area contributed by atoms with Gasteiger partial charge in [-0.05, 0) is 19.3 Å². The first-order valence-corrected chi connectivity index (χ1v) is 21.4. The molecule has 46 heavy (non-hydrogen) atoms. The average molecular weight is 764 g/mol. The Labute approximate surface area is 300 Å². The van der Waals surface area contributed by atoms with Crippen LogP contribution in [0.15, 0.2) is 0 Å². The maximum absolute atomic E-state index is 10.2. The Kier molecular flexibility index (Phi) is 55.0. The second kappa shape index (κ2) is 48.6. The molecule has 0 aliphatic heterocycles. The Hall–Kier alpha value is -0.791. The maximum atomic E-state index is 10.2. The van der Waals surface area contributed by atoms with Crippen LogP contribution in [0.4, 0.5) is 0 Å². The van der Waals surface area contributed by atoms with Crippen LogP contribution in [0.1, 0.15) is 227 Å². The van der Waals surface area contributed by atoms with Crippen LogP contribution < -0.4 is 0 Å². The number of carboxylic acid groups (broad SMARTS) is 3. The molecule has 0 aromatic carbocycles. The molecule has 0 unspecified atom stereocenters. The zero-order valence-corrected chi connectivity index (χ0v) is 34.7. The third kappa shape index (κ3) is 74.2. The molecule has 276 valence electrons. The summed E-state index contributed by atoms with van der Waals surface area (Å²) in [6.45, 7) is 11.1. The van der Waals surface area contributed by atoms with Crippen LogP contribution in [0.2, 0.25) is 3.93 Å². The molecule has 0 spiro atoms. The predicted octanol–water partition coefficient (Wildman–Crippen LogP) is 12.7. The van der Waals surface area contributed by atoms with Crippen molar-refractivity contribution < 1.29 is 29.7 Å². The molecule has 0 fully saturated rings. The van der Waals surface area contributed by atoms with E-state index in [1.165, 1.54) is 157 Å². The molecular formula is C39H80O6Sn. The van der Waals surface area contributed by atoms with Crippen LogP contribution >= 0.6 is 0 Å². The van der Waals surface area contributed by atoms with E-state index >= 15 is 0 Å². The van der Waals surface area contributed by atoms with Gasteiger partial charge in [0.05, 0.1) is 0 Å². The molecule has 2 radical (unpaired) electrons. The Morgan fingerprint density at radius 3 is 0.630 bits per heavy atom. The molecule has 0 saturated heterocycles. The van der Waals surface area contributed by atoms with Gasteiger partial charge in [0.25, 0.3) is 0 Å². The molecule has 0 rings (SSSR count). The number of hydrogen-bond acceptors (Lipinski definition) is 3. The Balaban J connectivity index is -0.000000271. The SMILES string of the molecule is CCCCCCCCCCCC(=O)O.CCCCCCCCCCCC(=O)O.CCCCCCCCCCCC(=O)O.C[CH](C)[SnH]. The number of unbranched alkanes of at least 4 members (excludes halogenated alkanes) is 24. The Morgan fingerprint density at radius 1 is 0.370 bits per heavy atom. The molecule has 0 aliphatic rings. The van der Waals surface area contributed by atoms with Gasteiger partial charge in [0, 0.05) is 19.3 Å². The molecule has 0 atom stereocenters. The number of carbonyl (C=O) groups is 3. The quantitative estimate of drug-likeness (QED) is 0.0496. The van der Waals surface area contributed by atoms with Crippen molar-refractivity contribution in [3.63, 3.8) is 0 Å². The van der Waals surface area contributed by atoms with E-state index in [1.807, 2.05) is 0 Å². The first-order valence-electron chi connectivity index (χ1n) is 19.5. The van der Waals surface area contributed by atoms with Crippen molar-refractivity contribution in [3.05, 3.63) is 0 Å². The summed E-state index contributed by atoms with van der Waals surface area (Å²) in [5, 5.41) is 25.2. The van der Waals surface area contributed by atoms with Gasteiger partial charge in [-0.3, -0.25) is 14.4 Å². The van der Waals surface area contributed by atoms with E-state index in [9.17, 15) is 14.4 Å². The van der Waals surface area contributed by atoms with Crippen molar-refractivity contribution in [1.29, 1.82) is 0 Å². The minimum absolute atomic E-state index is 0.343. The van der Waals surface area contributed by atoms with Gasteiger partial charge in [-0.2, -0.15) is 0 Å². The van der Waals surface area contributed by atoms with Gasteiger partial charge < -0.3 is 15.3 Å². The van der Waals surface area contributed by atoms with Crippen LogP contribution in [0.5, 0.6) is 0 Å². The second-order valence-electron chi connectivity index (χ2n) is 13.2. The number of hydrogen-bond donors (Lipinski definition) is 3. The van der Waals surface area contributed by atoms with E-state index in [-0.39, 0.29) is 0 Å². The zero-order chi connectivity index (χ0) is 35.5. The third-order valence-corrected chi connectivity index (χ3v) is 7.48. The fourth-order valence-electron chi connectivity index (χ4n) is 4.76. The molecule has 6 nitrogen and oxygen atoms in total. The third-order valence-electron chi connectivity index (χ3n) is 7.48. The topological polar surface area (TPSA) is 112 Å².